The predicted molar refractivity (Wildman–Crippen MR) is 196 cm³/mol. The highest BCUT2D eigenvalue weighted by molar-refractivity contribution is 7.89. The number of nitrogens with one attached hydrogen (secondary N) is 3. The standard InChI is InChI=1S/C38H36ClF2N3O8S/c1-4-50-38(47)32(44-53(48,49)26-10-5-22(2)6-11-26)21-42-34(45)19-24-8-14-33(28(39)18-24)51-15-16-52-37-35(25-9-13-29(40)30(41)20-25)43-31-17-23(3)7-12-27(31)36(37)46/h5-14,17-18,20,32,44H,4,15-16,19,21H2,1-3H3,(H,42,45)(H,43,46). The summed E-state index contributed by atoms with van der Waals surface area (Å²) in [6, 6.07) is 17.8. The number of carbonyl (C=O) groups is 2. The first-order valence-corrected chi connectivity index (χ1v) is 18.3. The van der Waals surface area contributed by atoms with Crippen molar-refractivity contribution in [2.45, 2.75) is 38.1 Å². The molecule has 4 aromatic carbocycles. The second-order valence-electron chi connectivity index (χ2n) is 12.0. The lowest BCUT2D eigenvalue weighted by Crippen LogP contribution is -2.49. The van der Waals surface area contributed by atoms with E-state index in [9.17, 15) is 31.6 Å². The normalized spacial score (nSPS) is 12.0. The summed E-state index contributed by atoms with van der Waals surface area (Å²) in [7, 11) is -4.10. The lowest BCUT2D eigenvalue weighted by molar-refractivity contribution is -0.145. The molecular weight excluding hydrogens is 732 g/mol. The van der Waals surface area contributed by atoms with E-state index in [4.69, 9.17) is 25.8 Å². The number of aryl methyl sites for hydroxylation is 2. The van der Waals surface area contributed by atoms with Crippen molar-refractivity contribution in [3.8, 4) is 22.8 Å². The van der Waals surface area contributed by atoms with Gasteiger partial charge in [0.1, 0.15) is 25.0 Å². The van der Waals surface area contributed by atoms with Crippen molar-refractivity contribution in [1.29, 1.82) is 0 Å². The fraction of sp³-hybridized carbons (Fsp3) is 0.237. The zero-order chi connectivity index (χ0) is 38.3. The van der Waals surface area contributed by atoms with Crippen LogP contribution in [-0.2, 0) is 30.8 Å². The van der Waals surface area contributed by atoms with Gasteiger partial charge < -0.3 is 24.5 Å². The van der Waals surface area contributed by atoms with Gasteiger partial charge in [0.15, 0.2) is 17.4 Å². The van der Waals surface area contributed by atoms with Gasteiger partial charge in [-0.15, -0.1) is 0 Å². The van der Waals surface area contributed by atoms with Crippen LogP contribution in [0.1, 0.15) is 23.6 Å². The maximum absolute atomic E-state index is 14.1. The van der Waals surface area contributed by atoms with Gasteiger partial charge in [0.2, 0.25) is 21.4 Å². The third kappa shape index (κ3) is 9.77. The summed E-state index contributed by atoms with van der Waals surface area (Å²) in [6.45, 7) is 4.71. The van der Waals surface area contributed by atoms with Gasteiger partial charge in [0.25, 0.3) is 0 Å². The fourth-order valence-corrected chi connectivity index (χ4v) is 6.74. The Balaban J connectivity index is 1.20. The number of sulfonamides is 1. The van der Waals surface area contributed by atoms with Gasteiger partial charge in [-0.05, 0) is 86.5 Å². The molecule has 1 atom stereocenters. The number of ether oxygens (including phenoxy) is 3. The Kier molecular flexibility index (Phi) is 12.5. The molecule has 11 nitrogen and oxygen atoms in total. The number of H-pyrrole nitrogens is 1. The van der Waals surface area contributed by atoms with Gasteiger partial charge in [-0.2, -0.15) is 4.72 Å². The minimum atomic E-state index is -4.10. The van der Waals surface area contributed by atoms with Crippen LogP contribution in [0, 0.1) is 25.5 Å². The van der Waals surface area contributed by atoms with E-state index in [0.717, 1.165) is 23.3 Å². The van der Waals surface area contributed by atoms with E-state index in [2.05, 4.69) is 15.0 Å². The largest absolute Gasteiger partial charge is 0.488 e. The van der Waals surface area contributed by atoms with E-state index >= 15 is 0 Å². The molecule has 1 amide bonds. The van der Waals surface area contributed by atoms with Gasteiger partial charge in [0, 0.05) is 17.5 Å². The van der Waals surface area contributed by atoms with Crippen molar-refractivity contribution in [2.75, 3.05) is 26.4 Å². The molecule has 3 N–H and O–H groups in total. The molecule has 0 bridgehead atoms. The molecule has 1 unspecified atom stereocenters. The number of halogens is 3. The molecule has 278 valence electrons. The average Bonchev–Trinajstić information content (AvgIpc) is 3.11. The Morgan fingerprint density at radius 1 is 0.887 bits per heavy atom. The Labute approximate surface area is 309 Å². The van der Waals surface area contributed by atoms with Crippen LogP contribution in [0.5, 0.6) is 11.5 Å². The predicted octanol–water partition coefficient (Wildman–Crippen LogP) is 5.77. The first kappa shape index (κ1) is 38.9. The summed E-state index contributed by atoms with van der Waals surface area (Å²) in [5, 5.41) is 3.08. The zero-order valence-corrected chi connectivity index (χ0v) is 30.5. The number of carbonyl (C=O) groups excluding carboxylic acids is 2. The fourth-order valence-electron chi connectivity index (χ4n) is 5.30. The van der Waals surface area contributed by atoms with Crippen molar-refractivity contribution in [3.05, 3.63) is 122 Å². The molecule has 0 spiro atoms. The first-order valence-electron chi connectivity index (χ1n) is 16.4. The SMILES string of the molecule is CCOC(=O)C(CNC(=O)Cc1ccc(OCCOc2c(-c3ccc(F)c(F)c3)[nH]c3cc(C)ccc3c2=O)c(Cl)c1)NS(=O)(=O)c1ccc(C)cc1. The summed E-state index contributed by atoms with van der Waals surface area (Å²) < 4.78 is 72.6. The number of esters is 1. The maximum atomic E-state index is 14.1. The third-order valence-corrected chi connectivity index (χ3v) is 9.76. The topological polar surface area (TPSA) is 153 Å². The van der Waals surface area contributed by atoms with Crippen molar-refractivity contribution in [1.82, 2.24) is 15.0 Å². The average molecular weight is 768 g/mol. The number of pyridine rings is 1. The molecule has 1 heterocycles. The highest BCUT2D eigenvalue weighted by Crippen LogP contribution is 2.30. The van der Waals surface area contributed by atoms with Crippen molar-refractivity contribution in [3.63, 3.8) is 0 Å². The van der Waals surface area contributed by atoms with Gasteiger partial charge in [-0.1, -0.05) is 41.4 Å². The lowest BCUT2D eigenvalue weighted by Gasteiger charge is -2.18. The molecule has 53 heavy (non-hydrogen) atoms. The third-order valence-electron chi connectivity index (χ3n) is 7.97. The molecule has 0 saturated heterocycles. The summed E-state index contributed by atoms with van der Waals surface area (Å²) in [4.78, 5) is 41.9. The molecule has 5 rings (SSSR count). The zero-order valence-electron chi connectivity index (χ0n) is 28.9. The minimum absolute atomic E-state index is 0.00824. The molecule has 15 heteroatoms. The minimum Gasteiger partial charge on any atom is -0.488 e. The van der Waals surface area contributed by atoms with E-state index in [1.54, 1.807) is 49.4 Å². The summed E-state index contributed by atoms with van der Waals surface area (Å²) in [5.74, 6) is -3.32. The number of hydrogen-bond acceptors (Lipinski definition) is 8. The number of benzene rings is 4. The van der Waals surface area contributed by atoms with Gasteiger partial charge >= 0.3 is 5.97 Å². The van der Waals surface area contributed by atoms with Gasteiger partial charge in [-0.25, -0.2) is 17.2 Å². The Morgan fingerprint density at radius 2 is 1.60 bits per heavy atom. The van der Waals surface area contributed by atoms with Crippen LogP contribution in [0.4, 0.5) is 8.78 Å². The second-order valence-corrected chi connectivity index (χ2v) is 14.1. The molecule has 5 aromatic rings. The number of amides is 1. The lowest BCUT2D eigenvalue weighted by atomic mass is 10.1. The molecule has 1 aromatic heterocycles. The monoisotopic (exact) mass is 767 g/mol. The Morgan fingerprint density at radius 3 is 2.30 bits per heavy atom. The number of fused-ring (bicyclic) bond motifs is 1. The molecular formula is C38H36ClF2N3O8S. The van der Waals surface area contributed by atoms with Crippen LogP contribution < -0.4 is 24.9 Å². The highest BCUT2D eigenvalue weighted by Gasteiger charge is 2.27. The quantitative estimate of drug-likeness (QED) is 0.0897. The molecule has 0 aliphatic carbocycles. The molecule has 0 aliphatic heterocycles. The van der Waals surface area contributed by atoms with E-state index < -0.39 is 45.0 Å². The van der Waals surface area contributed by atoms with E-state index in [1.165, 1.54) is 24.3 Å². The van der Waals surface area contributed by atoms with Crippen molar-refractivity contribution < 1.29 is 41.0 Å². The van der Waals surface area contributed by atoms with Crippen LogP contribution in [0.3, 0.4) is 0 Å². The summed E-state index contributed by atoms with van der Waals surface area (Å²) in [6.07, 6.45) is -0.152. The van der Waals surface area contributed by atoms with Crippen LogP contribution in [0.2, 0.25) is 5.02 Å². The second kappa shape index (κ2) is 17.0. The molecule has 0 fully saturated rings. The number of rotatable bonds is 15. The van der Waals surface area contributed by atoms with E-state index in [0.29, 0.717) is 16.5 Å². The number of hydrogen-bond donors (Lipinski definition) is 3. The van der Waals surface area contributed by atoms with Crippen molar-refractivity contribution >= 4 is 44.4 Å². The summed E-state index contributed by atoms with van der Waals surface area (Å²) >= 11 is 6.43. The number of aromatic nitrogens is 1. The summed E-state index contributed by atoms with van der Waals surface area (Å²) in [5.41, 5.74) is 2.68. The van der Waals surface area contributed by atoms with Crippen LogP contribution >= 0.6 is 11.6 Å². The van der Waals surface area contributed by atoms with E-state index in [-0.39, 0.29) is 65.5 Å². The number of aromatic amines is 1. The smallest absolute Gasteiger partial charge is 0.326 e. The first-order chi connectivity index (χ1) is 25.2. The maximum Gasteiger partial charge on any atom is 0.326 e. The van der Waals surface area contributed by atoms with Crippen LogP contribution in [0.15, 0.2) is 88.6 Å². The van der Waals surface area contributed by atoms with Crippen molar-refractivity contribution in [2.24, 2.45) is 0 Å². The van der Waals surface area contributed by atoms with E-state index in [1.807, 2.05) is 13.8 Å². The van der Waals surface area contributed by atoms with Gasteiger partial charge in [0.05, 0.1) is 34.2 Å². The van der Waals surface area contributed by atoms with Crippen LogP contribution in [-0.4, -0.2) is 57.7 Å². The Bertz CT molecular complexity index is 2320. The molecule has 0 radical (unpaired) electrons. The van der Waals surface area contributed by atoms with Crippen LogP contribution in [0.25, 0.3) is 22.2 Å². The molecule has 0 saturated carbocycles. The van der Waals surface area contributed by atoms with Gasteiger partial charge in [-0.3, -0.25) is 14.4 Å². The Hall–Kier alpha value is -5.31. The highest BCUT2D eigenvalue weighted by atomic mass is 35.5. The molecule has 0 aliphatic rings.